The third-order valence-electron chi connectivity index (χ3n) is 5.85. The van der Waals surface area contributed by atoms with Crippen molar-refractivity contribution < 1.29 is 14.4 Å². The summed E-state index contributed by atoms with van der Waals surface area (Å²) in [5.41, 5.74) is 2.29. The summed E-state index contributed by atoms with van der Waals surface area (Å²) in [5.74, 6) is -1.01. The topological polar surface area (TPSA) is 78.5 Å². The summed E-state index contributed by atoms with van der Waals surface area (Å²) in [6, 6.07) is 8.90. The minimum atomic E-state index is -1.23. The van der Waals surface area contributed by atoms with Crippen LogP contribution in [-0.2, 0) is 28.0 Å². The minimum absolute atomic E-state index is 0.306. The van der Waals surface area contributed by atoms with Gasteiger partial charge in [0.2, 0.25) is 5.91 Å². The van der Waals surface area contributed by atoms with E-state index in [0.29, 0.717) is 15.7 Å². The van der Waals surface area contributed by atoms with Crippen molar-refractivity contribution in [3.8, 4) is 0 Å². The highest BCUT2D eigenvalue weighted by Crippen LogP contribution is 2.34. The zero-order chi connectivity index (χ0) is 21.6. The number of imide groups is 1. The van der Waals surface area contributed by atoms with Crippen LogP contribution in [0.25, 0.3) is 0 Å². The van der Waals surface area contributed by atoms with E-state index < -0.39 is 29.4 Å². The highest BCUT2D eigenvalue weighted by Gasteiger charge is 2.52. The molecule has 30 heavy (non-hydrogen) atoms. The first-order chi connectivity index (χ1) is 14.2. The van der Waals surface area contributed by atoms with Crippen LogP contribution in [-0.4, -0.2) is 28.8 Å². The summed E-state index contributed by atoms with van der Waals surface area (Å²) in [4.78, 5) is 39.7. The molecular formula is C22H21Cl2N3O3. The molecule has 1 fully saturated rings. The van der Waals surface area contributed by atoms with Crippen LogP contribution in [0, 0.1) is 0 Å². The average molecular weight is 446 g/mol. The van der Waals surface area contributed by atoms with E-state index in [0.717, 1.165) is 29.7 Å². The van der Waals surface area contributed by atoms with Crippen molar-refractivity contribution >= 4 is 46.7 Å². The predicted molar refractivity (Wildman–Crippen MR) is 116 cm³/mol. The van der Waals surface area contributed by atoms with Crippen molar-refractivity contribution in [2.45, 2.75) is 44.7 Å². The summed E-state index contributed by atoms with van der Waals surface area (Å²) in [6.45, 7) is 3.17. The number of nitrogens with one attached hydrogen (secondary N) is 2. The maximum absolute atomic E-state index is 13.3. The van der Waals surface area contributed by atoms with Gasteiger partial charge in [-0.3, -0.25) is 9.59 Å². The Morgan fingerprint density at radius 2 is 1.87 bits per heavy atom. The Morgan fingerprint density at radius 3 is 2.63 bits per heavy atom. The lowest BCUT2D eigenvalue weighted by atomic mass is 9.89. The first kappa shape index (κ1) is 20.7. The van der Waals surface area contributed by atoms with Gasteiger partial charge in [0, 0.05) is 5.02 Å². The van der Waals surface area contributed by atoms with Gasteiger partial charge in [-0.25, -0.2) is 9.69 Å². The molecule has 0 saturated carbocycles. The fraction of sp³-hybridized carbons (Fsp3) is 0.318. The second kappa shape index (κ2) is 7.60. The van der Waals surface area contributed by atoms with Gasteiger partial charge in [-0.05, 0) is 68.0 Å². The summed E-state index contributed by atoms with van der Waals surface area (Å²) < 4.78 is 0. The smallest absolute Gasteiger partial charge is 0.323 e. The second-order valence-corrected chi connectivity index (χ2v) is 8.70. The first-order valence-corrected chi connectivity index (χ1v) is 10.5. The van der Waals surface area contributed by atoms with Crippen LogP contribution >= 0.6 is 23.2 Å². The van der Waals surface area contributed by atoms with Crippen LogP contribution in [0.1, 0.15) is 37.0 Å². The van der Waals surface area contributed by atoms with Gasteiger partial charge in [0.15, 0.2) is 0 Å². The van der Waals surface area contributed by atoms with Gasteiger partial charge in [0.05, 0.1) is 10.7 Å². The second-order valence-electron chi connectivity index (χ2n) is 7.86. The molecule has 4 rings (SSSR count). The molecule has 2 aromatic rings. The lowest BCUT2D eigenvalue weighted by molar-refractivity contribution is -0.136. The molecule has 0 aromatic heterocycles. The van der Waals surface area contributed by atoms with Crippen molar-refractivity contribution in [3.05, 3.63) is 63.1 Å². The quantitative estimate of drug-likeness (QED) is 0.689. The van der Waals surface area contributed by atoms with E-state index in [1.165, 1.54) is 24.1 Å². The molecule has 156 valence electrons. The first-order valence-electron chi connectivity index (χ1n) is 9.74. The maximum Gasteiger partial charge on any atom is 0.326 e. The van der Waals surface area contributed by atoms with Gasteiger partial charge >= 0.3 is 6.03 Å². The average Bonchev–Trinajstić information content (AvgIpc) is 3.26. The lowest BCUT2D eigenvalue weighted by Crippen LogP contribution is -2.47. The molecule has 1 aliphatic carbocycles. The number of rotatable bonds is 4. The van der Waals surface area contributed by atoms with Gasteiger partial charge in [0.25, 0.3) is 5.91 Å². The molecular weight excluding hydrogens is 425 g/mol. The van der Waals surface area contributed by atoms with Crippen LogP contribution in [0.15, 0.2) is 36.4 Å². The van der Waals surface area contributed by atoms with E-state index in [4.69, 9.17) is 23.2 Å². The molecule has 2 aromatic carbocycles. The molecule has 2 atom stereocenters. The van der Waals surface area contributed by atoms with Crippen molar-refractivity contribution in [2.24, 2.45) is 0 Å². The Labute approximate surface area is 184 Å². The zero-order valence-electron chi connectivity index (χ0n) is 16.6. The van der Waals surface area contributed by atoms with Crippen molar-refractivity contribution in [3.63, 3.8) is 0 Å². The summed E-state index contributed by atoms with van der Waals surface area (Å²) in [7, 11) is 0. The van der Waals surface area contributed by atoms with E-state index in [2.05, 4.69) is 10.6 Å². The monoisotopic (exact) mass is 445 g/mol. The number of halogens is 2. The van der Waals surface area contributed by atoms with Crippen LogP contribution in [0.2, 0.25) is 10.0 Å². The Morgan fingerprint density at radius 1 is 1.13 bits per heavy atom. The van der Waals surface area contributed by atoms with Gasteiger partial charge in [-0.15, -0.1) is 0 Å². The number of urea groups is 1. The fourth-order valence-corrected chi connectivity index (χ4v) is 4.38. The molecule has 0 bridgehead atoms. The Balaban J connectivity index is 1.57. The van der Waals surface area contributed by atoms with Gasteiger partial charge in [-0.2, -0.15) is 0 Å². The molecule has 1 heterocycles. The molecule has 0 radical (unpaired) electrons. The molecule has 2 aliphatic rings. The van der Waals surface area contributed by atoms with Crippen LogP contribution in [0.4, 0.5) is 10.5 Å². The third kappa shape index (κ3) is 3.44. The third-order valence-corrected chi connectivity index (χ3v) is 6.42. The number of aryl methyl sites for hydroxylation is 2. The van der Waals surface area contributed by atoms with Crippen molar-refractivity contribution in [2.75, 3.05) is 5.32 Å². The number of fused-ring (bicyclic) bond motifs is 1. The largest absolute Gasteiger partial charge is 0.326 e. The normalized spacial score (nSPS) is 21.4. The van der Waals surface area contributed by atoms with Crippen LogP contribution in [0.3, 0.4) is 0 Å². The van der Waals surface area contributed by atoms with E-state index in [1.807, 2.05) is 18.2 Å². The van der Waals surface area contributed by atoms with Crippen molar-refractivity contribution in [1.82, 2.24) is 10.2 Å². The molecule has 6 nitrogen and oxygen atoms in total. The summed E-state index contributed by atoms with van der Waals surface area (Å²) in [6.07, 6.45) is 3.08. The Hall–Kier alpha value is -2.57. The van der Waals surface area contributed by atoms with Crippen LogP contribution < -0.4 is 10.6 Å². The number of benzene rings is 2. The molecule has 4 amide bonds. The number of carbonyl (C=O) groups excluding carboxylic acids is 3. The fourth-order valence-electron chi connectivity index (χ4n) is 4.04. The number of carbonyl (C=O) groups is 3. The highest BCUT2D eigenvalue weighted by molar-refractivity contribution is 6.35. The number of nitrogens with zero attached hydrogens (tertiary/aromatic N) is 1. The van der Waals surface area contributed by atoms with Gasteiger partial charge < -0.3 is 10.6 Å². The minimum Gasteiger partial charge on any atom is -0.323 e. The lowest BCUT2D eigenvalue weighted by Gasteiger charge is -2.25. The summed E-state index contributed by atoms with van der Waals surface area (Å²) >= 11 is 12.1. The van der Waals surface area contributed by atoms with Gasteiger partial charge in [0.1, 0.15) is 11.6 Å². The predicted octanol–water partition coefficient (Wildman–Crippen LogP) is 4.28. The molecule has 1 saturated heterocycles. The Bertz CT molecular complexity index is 1070. The highest BCUT2D eigenvalue weighted by atomic mass is 35.5. The van der Waals surface area contributed by atoms with E-state index in [-0.39, 0.29) is 0 Å². The maximum atomic E-state index is 13.3. The molecule has 8 heteroatoms. The number of anilines is 1. The zero-order valence-corrected chi connectivity index (χ0v) is 18.1. The standard InChI is InChI=1S/C22H21Cl2N3O3/c1-12(19(28)25-18-11-16(23)8-9-17(18)24)27-20(29)22(2,26-21(27)30)15-7-6-13-4-3-5-14(13)10-15/h6-12H,3-5H2,1-2H3,(H,25,28)(H,26,30)/t12-,22-/m0/s1. The summed E-state index contributed by atoms with van der Waals surface area (Å²) in [5, 5.41) is 6.12. The molecule has 0 unspecified atom stereocenters. The van der Waals surface area contributed by atoms with Crippen molar-refractivity contribution in [1.29, 1.82) is 0 Å². The molecule has 2 N–H and O–H groups in total. The van der Waals surface area contributed by atoms with Gasteiger partial charge in [-0.1, -0.05) is 41.4 Å². The van der Waals surface area contributed by atoms with E-state index in [1.54, 1.807) is 19.1 Å². The SMILES string of the molecule is C[C@@H](C(=O)Nc1cc(Cl)ccc1Cl)N1C(=O)N[C@@](C)(c2ccc3c(c2)CCC3)C1=O. The van der Waals surface area contributed by atoms with E-state index >= 15 is 0 Å². The Kier molecular flexibility index (Phi) is 5.24. The molecule has 1 aliphatic heterocycles. The van der Waals surface area contributed by atoms with E-state index in [9.17, 15) is 14.4 Å². The number of hydrogen-bond donors (Lipinski definition) is 2. The van der Waals surface area contributed by atoms with Crippen LogP contribution in [0.5, 0.6) is 0 Å². The molecule has 0 spiro atoms. The number of amides is 4. The number of hydrogen-bond acceptors (Lipinski definition) is 3.